The van der Waals surface area contributed by atoms with Crippen LogP contribution >= 0.6 is 0 Å². The zero-order valence-electron chi connectivity index (χ0n) is 21.7. The number of nitrogens with one attached hydrogen (secondary N) is 1. The third-order valence-electron chi connectivity index (χ3n) is 7.02. The third kappa shape index (κ3) is 4.84. The van der Waals surface area contributed by atoms with Crippen LogP contribution in [0.5, 0.6) is 0 Å². The molecule has 0 radical (unpaired) electrons. The van der Waals surface area contributed by atoms with Crippen LogP contribution in [-0.2, 0) is 17.8 Å². The summed E-state index contributed by atoms with van der Waals surface area (Å²) in [5.74, 6) is 1.58. The van der Waals surface area contributed by atoms with Crippen molar-refractivity contribution in [3.63, 3.8) is 0 Å². The number of aromatic amines is 1. The number of benzene rings is 2. The normalized spacial score (nSPS) is 12.0. The Morgan fingerprint density at radius 2 is 1.82 bits per heavy atom. The van der Waals surface area contributed by atoms with Gasteiger partial charge in [0.15, 0.2) is 0 Å². The molecule has 0 saturated carbocycles. The van der Waals surface area contributed by atoms with E-state index in [9.17, 15) is 4.79 Å². The van der Waals surface area contributed by atoms with Crippen LogP contribution in [0.3, 0.4) is 0 Å². The molecule has 0 aliphatic heterocycles. The van der Waals surface area contributed by atoms with Crippen molar-refractivity contribution >= 4 is 23.1 Å². The topological polar surface area (TPSA) is 84.6 Å². The Kier molecular flexibility index (Phi) is 6.74. The minimum absolute atomic E-state index is 0.330. The van der Waals surface area contributed by atoms with E-state index in [4.69, 9.17) is 4.98 Å². The minimum Gasteiger partial charge on any atom is -0.341 e. The predicted molar refractivity (Wildman–Crippen MR) is 153 cm³/mol. The van der Waals surface area contributed by atoms with Crippen molar-refractivity contribution in [2.75, 3.05) is 4.90 Å². The lowest BCUT2D eigenvalue weighted by molar-refractivity contribution is -0.108. The van der Waals surface area contributed by atoms with Crippen molar-refractivity contribution in [1.29, 1.82) is 0 Å². The number of carbonyl (C=O) groups excluding carboxylic acids is 1. The SMILES string of the molecule is CCCn1c(-c2ccc(-n3ccnc3)cc2)cnc1[C@H](Cc1ccncc1)N(C=O)c1cc2ccccc2[nH]1. The van der Waals surface area contributed by atoms with Gasteiger partial charge in [0.1, 0.15) is 11.6 Å². The first-order valence-corrected chi connectivity index (χ1v) is 13.1. The molecule has 2 aromatic carbocycles. The van der Waals surface area contributed by atoms with Gasteiger partial charge in [-0.15, -0.1) is 0 Å². The Morgan fingerprint density at radius 3 is 2.54 bits per heavy atom. The monoisotopic (exact) mass is 515 g/mol. The molecule has 0 fully saturated rings. The molecule has 0 unspecified atom stereocenters. The number of imidazole rings is 2. The molecule has 1 amide bonds. The molecular formula is C31H29N7O. The van der Waals surface area contributed by atoms with E-state index in [1.807, 2.05) is 59.4 Å². The molecule has 8 heteroatoms. The summed E-state index contributed by atoms with van der Waals surface area (Å²) in [6.07, 6.45) is 13.4. The first kappa shape index (κ1) is 24.4. The third-order valence-corrected chi connectivity index (χ3v) is 7.02. The molecule has 194 valence electrons. The quantitative estimate of drug-likeness (QED) is 0.228. The average Bonchev–Trinajstić information content (AvgIpc) is 3.74. The highest BCUT2D eigenvalue weighted by Gasteiger charge is 2.28. The number of carbonyl (C=O) groups is 1. The maximum atomic E-state index is 12.7. The largest absolute Gasteiger partial charge is 0.341 e. The number of fused-ring (bicyclic) bond motifs is 1. The summed E-state index contributed by atoms with van der Waals surface area (Å²) in [6, 6.07) is 22.1. The summed E-state index contributed by atoms with van der Waals surface area (Å²) in [5.41, 5.74) is 5.19. The van der Waals surface area contributed by atoms with E-state index in [0.29, 0.717) is 6.42 Å². The molecule has 0 aliphatic rings. The Balaban J connectivity index is 1.44. The lowest BCUT2D eigenvalue weighted by Gasteiger charge is -2.28. The smallest absolute Gasteiger partial charge is 0.215 e. The highest BCUT2D eigenvalue weighted by atomic mass is 16.1. The zero-order valence-corrected chi connectivity index (χ0v) is 21.7. The van der Waals surface area contributed by atoms with Gasteiger partial charge in [-0.2, -0.15) is 0 Å². The molecule has 8 nitrogen and oxygen atoms in total. The molecule has 39 heavy (non-hydrogen) atoms. The molecule has 0 aliphatic carbocycles. The number of para-hydroxylation sites is 1. The van der Waals surface area contributed by atoms with Crippen LogP contribution < -0.4 is 4.90 Å². The van der Waals surface area contributed by atoms with Gasteiger partial charge in [-0.3, -0.25) is 14.7 Å². The summed E-state index contributed by atoms with van der Waals surface area (Å²) in [7, 11) is 0. The minimum atomic E-state index is -0.330. The number of nitrogens with zero attached hydrogens (tertiary/aromatic N) is 6. The van der Waals surface area contributed by atoms with Crippen molar-refractivity contribution in [2.24, 2.45) is 0 Å². The molecule has 1 atom stereocenters. The number of H-pyrrole nitrogens is 1. The molecule has 1 N–H and O–H groups in total. The van der Waals surface area contributed by atoms with Gasteiger partial charge in [0.2, 0.25) is 6.41 Å². The van der Waals surface area contributed by atoms with Crippen molar-refractivity contribution in [3.05, 3.63) is 115 Å². The zero-order chi connectivity index (χ0) is 26.6. The number of rotatable bonds is 10. The summed E-state index contributed by atoms with van der Waals surface area (Å²) in [6.45, 7) is 2.93. The molecule has 0 spiro atoms. The van der Waals surface area contributed by atoms with Crippen molar-refractivity contribution in [3.8, 4) is 16.9 Å². The average molecular weight is 516 g/mol. The van der Waals surface area contributed by atoms with Crippen molar-refractivity contribution in [2.45, 2.75) is 32.4 Å². The Hall–Kier alpha value is -4.98. The number of pyridine rings is 1. The van der Waals surface area contributed by atoms with E-state index >= 15 is 0 Å². The van der Waals surface area contributed by atoms with Crippen LogP contribution in [0, 0.1) is 0 Å². The Bertz CT molecular complexity index is 1630. The van der Waals surface area contributed by atoms with Crippen molar-refractivity contribution < 1.29 is 4.79 Å². The molecule has 4 heterocycles. The molecular weight excluding hydrogens is 486 g/mol. The maximum absolute atomic E-state index is 12.7. The standard InChI is InChI=1S/C31H29N7O/c1-2-16-37-29(24-7-9-26(10-8-24)36-17-15-33-21-36)20-34-31(37)28(18-23-11-13-32-14-12-23)38(22-39)30-19-25-5-3-4-6-27(25)35-30/h3-15,17,19-22,28,35H,2,16,18H2,1H3/t28-/m0/s1. The van der Waals surface area contributed by atoms with Gasteiger partial charge in [0.25, 0.3) is 0 Å². The van der Waals surface area contributed by atoms with E-state index in [-0.39, 0.29) is 6.04 Å². The molecule has 0 bridgehead atoms. The van der Waals surface area contributed by atoms with Gasteiger partial charge >= 0.3 is 0 Å². The summed E-state index contributed by atoms with van der Waals surface area (Å²) < 4.78 is 4.23. The predicted octanol–water partition coefficient (Wildman–Crippen LogP) is 5.97. The van der Waals surface area contributed by atoms with E-state index in [1.165, 1.54) is 0 Å². The maximum Gasteiger partial charge on any atom is 0.215 e. The van der Waals surface area contributed by atoms with Crippen LogP contribution in [0.1, 0.15) is 30.8 Å². The van der Waals surface area contributed by atoms with E-state index < -0.39 is 0 Å². The molecule has 6 rings (SSSR count). The fraction of sp³-hybridized carbons (Fsp3) is 0.161. The van der Waals surface area contributed by atoms with Gasteiger partial charge in [-0.25, -0.2) is 9.97 Å². The van der Waals surface area contributed by atoms with Gasteiger partial charge in [0, 0.05) is 54.3 Å². The summed E-state index contributed by atoms with van der Waals surface area (Å²) >= 11 is 0. The first-order valence-electron chi connectivity index (χ1n) is 13.1. The van der Waals surface area contributed by atoms with Crippen LogP contribution in [0.15, 0.2) is 104 Å². The van der Waals surface area contributed by atoms with Crippen LogP contribution in [-0.4, -0.2) is 35.5 Å². The van der Waals surface area contributed by atoms with E-state index in [0.717, 1.165) is 64.4 Å². The van der Waals surface area contributed by atoms with Gasteiger partial charge < -0.3 is 14.1 Å². The van der Waals surface area contributed by atoms with Crippen LogP contribution in [0.25, 0.3) is 27.8 Å². The first-order chi connectivity index (χ1) is 19.2. The summed E-state index contributed by atoms with van der Waals surface area (Å²) in [5, 5.41) is 1.05. The second kappa shape index (κ2) is 10.8. The number of aromatic nitrogens is 6. The lowest BCUT2D eigenvalue weighted by Crippen LogP contribution is -2.31. The Morgan fingerprint density at radius 1 is 1.00 bits per heavy atom. The molecule has 4 aromatic heterocycles. The van der Waals surface area contributed by atoms with Crippen LogP contribution in [0.2, 0.25) is 0 Å². The van der Waals surface area contributed by atoms with Crippen molar-refractivity contribution in [1.82, 2.24) is 29.1 Å². The number of anilines is 1. The molecule has 6 aromatic rings. The van der Waals surface area contributed by atoms with Gasteiger partial charge in [-0.1, -0.05) is 37.3 Å². The van der Waals surface area contributed by atoms with E-state index in [1.54, 1.807) is 29.8 Å². The lowest BCUT2D eigenvalue weighted by atomic mass is 10.0. The number of amides is 1. The van der Waals surface area contributed by atoms with E-state index in [2.05, 4.69) is 50.7 Å². The Labute approximate surface area is 226 Å². The number of hydrogen-bond donors (Lipinski definition) is 1. The molecule has 0 saturated heterocycles. The van der Waals surface area contributed by atoms with Gasteiger partial charge in [0.05, 0.1) is 24.3 Å². The highest BCUT2D eigenvalue weighted by Crippen LogP contribution is 2.33. The second-order valence-electron chi connectivity index (χ2n) is 9.50. The fourth-order valence-corrected chi connectivity index (χ4v) is 5.11. The highest BCUT2D eigenvalue weighted by molar-refractivity contribution is 5.88. The fourth-order valence-electron chi connectivity index (χ4n) is 5.11. The van der Waals surface area contributed by atoms with Crippen LogP contribution in [0.4, 0.5) is 5.82 Å². The second-order valence-corrected chi connectivity index (χ2v) is 9.50. The number of hydrogen-bond acceptors (Lipinski definition) is 4. The summed E-state index contributed by atoms with van der Waals surface area (Å²) in [4.78, 5) is 31.2. The van der Waals surface area contributed by atoms with Gasteiger partial charge in [-0.05, 0) is 53.9 Å².